The van der Waals surface area contributed by atoms with Crippen molar-refractivity contribution in [3.8, 4) is 5.69 Å². The van der Waals surface area contributed by atoms with E-state index in [2.05, 4.69) is 30.4 Å². The van der Waals surface area contributed by atoms with Crippen LogP contribution in [0.4, 0.5) is 5.82 Å². The number of amides is 1. The van der Waals surface area contributed by atoms with E-state index in [1.165, 1.54) is 19.6 Å². The highest BCUT2D eigenvalue weighted by Gasteiger charge is 2.20. The molecule has 1 amide bonds. The summed E-state index contributed by atoms with van der Waals surface area (Å²) >= 11 is 0. The summed E-state index contributed by atoms with van der Waals surface area (Å²) < 4.78 is 6.99. The number of nitrogens with one attached hydrogen (secondary N) is 2. The number of esters is 1. The van der Waals surface area contributed by atoms with E-state index >= 15 is 0 Å². The SMILES string of the molecule is CC(OC(=O)CCc1cnn(-c2ccccc2)c1)C(=O)Nc1ncnc2nc[nH]c12. The molecule has 0 saturated carbocycles. The second kappa shape index (κ2) is 8.52. The molecule has 0 fully saturated rings. The maximum atomic E-state index is 12.4. The Morgan fingerprint density at radius 2 is 2.03 bits per heavy atom. The molecule has 10 heteroatoms. The summed E-state index contributed by atoms with van der Waals surface area (Å²) in [6, 6.07) is 9.68. The van der Waals surface area contributed by atoms with Crippen LogP contribution in [0, 0.1) is 0 Å². The van der Waals surface area contributed by atoms with Crippen LogP contribution in [0.3, 0.4) is 0 Å². The summed E-state index contributed by atoms with van der Waals surface area (Å²) in [5, 5.41) is 6.92. The highest BCUT2D eigenvalue weighted by molar-refractivity contribution is 5.99. The topological polar surface area (TPSA) is 128 Å². The van der Waals surface area contributed by atoms with Crippen LogP contribution in [0.1, 0.15) is 18.9 Å². The molecule has 0 aliphatic carbocycles. The van der Waals surface area contributed by atoms with Gasteiger partial charge in [0.15, 0.2) is 17.6 Å². The van der Waals surface area contributed by atoms with Gasteiger partial charge >= 0.3 is 5.97 Å². The average Bonchev–Trinajstić information content (AvgIpc) is 3.43. The smallest absolute Gasteiger partial charge is 0.306 e. The Kier molecular flexibility index (Phi) is 5.46. The van der Waals surface area contributed by atoms with Gasteiger partial charge in [-0.2, -0.15) is 5.10 Å². The number of aryl methyl sites for hydroxylation is 1. The van der Waals surface area contributed by atoms with Crippen LogP contribution in [-0.2, 0) is 20.7 Å². The van der Waals surface area contributed by atoms with E-state index in [4.69, 9.17) is 4.74 Å². The van der Waals surface area contributed by atoms with Crippen molar-refractivity contribution in [2.45, 2.75) is 25.9 Å². The van der Waals surface area contributed by atoms with Crippen LogP contribution in [0.15, 0.2) is 55.4 Å². The number of H-pyrrole nitrogens is 1. The lowest BCUT2D eigenvalue weighted by Gasteiger charge is -2.13. The molecule has 3 aromatic heterocycles. The van der Waals surface area contributed by atoms with E-state index in [1.54, 1.807) is 10.9 Å². The Balaban J connectivity index is 1.29. The zero-order chi connectivity index (χ0) is 20.9. The number of fused-ring (bicyclic) bond motifs is 1. The molecular formula is C20H19N7O3. The summed E-state index contributed by atoms with van der Waals surface area (Å²) in [6.45, 7) is 1.51. The molecule has 0 spiro atoms. The molecule has 0 bridgehead atoms. The standard InChI is InChI=1S/C20H19N7O3/c1-13(20(29)26-19-17-18(22-11-21-17)23-12-24-19)30-16(28)8-7-14-9-25-27(10-14)15-5-3-2-4-6-15/h2-6,9-13H,7-8H2,1H3,(H2,21,22,23,24,26,29). The quantitative estimate of drug-likeness (QED) is 0.450. The van der Waals surface area contributed by atoms with E-state index in [0.717, 1.165) is 11.3 Å². The number of aromatic nitrogens is 6. The molecule has 30 heavy (non-hydrogen) atoms. The molecule has 1 unspecified atom stereocenters. The van der Waals surface area contributed by atoms with E-state index in [9.17, 15) is 9.59 Å². The summed E-state index contributed by atoms with van der Waals surface area (Å²) in [7, 11) is 0. The predicted molar refractivity (Wildman–Crippen MR) is 108 cm³/mol. The number of carbonyl (C=O) groups is 2. The first kappa shape index (κ1) is 19.2. The van der Waals surface area contributed by atoms with Crippen molar-refractivity contribution in [1.29, 1.82) is 0 Å². The summed E-state index contributed by atoms with van der Waals surface area (Å²) in [6.07, 6.45) is 5.95. The Morgan fingerprint density at radius 3 is 2.87 bits per heavy atom. The van der Waals surface area contributed by atoms with Crippen molar-refractivity contribution in [3.63, 3.8) is 0 Å². The van der Waals surface area contributed by atoms with Gasteiger partial charge in [0, 0.05) is 12.6 Å². The molecule has 0 aliphatic heterocycles. The highest BCUT2D eigenvalue weighted by Crippen LogP contribution is 2.15. The van der Waals surface area contributed by atoms with Gasteiger partial charge in [0.2, 0.25) is 0 Å². The third-order valence-corrected chi connectivity index (χ3v) is 4.42. The minimum Gasteiger partial charge on any atom is -0.453 e. The van der Waals surface area contributed by atoms with Crippen LogP contribution < -0.4 is 5.32 Å². The van der Waals surface area contributed by atoms with Gasteiger partial charge in [-0.05, 0) is 31.0 Å². The molecule has 0 saturated heterocycles. The average molecular weight is 405 g/mol. The van der Waals surface area contributed by atoms with Crippen LogP contribution in [0.25, 0.3) is 16.9 Å². The number of imidazole rings is 1. The largest absolute Gasteiger partial charge is 0.453 e. The van der Waals surface area contributed by atoms with E-state index in [0.29, 0.717) is 17.6 Å². The first-order valence-electron chi connectivity index (χ1n) is 9.33. The molecule has 4 aromatic rings. The van der Waals surface area contributed by atoms with Gasteiger partial charge in [-0.15, -0.1) is 0 Å². The van der Waals surface area contributed by atoms with E-state index in [-0.39, 0.29) is 12.2 Å². The van der Waals surface area contributed by atoms with Gasteiger partial charge in [-0.1, -0.05) is 18.2 Å². The van der Waals surface area contributed by atoms with Gasteiger partial charge in [0.1, 0.15) is 11.8 Å². The Morgan fingerprint density at radius 1 is 1.20 bits per heavy atom. The maximum absolute atomic E-state index is 12.4. The van der Waals surface area contributed by atoms with Crippen molar-refractivity contribution in [3.05, 3.63) is 60.9 Å². The van der Waals surface area contributed by atoms with Crippen LogP contribution in [0.2, 0.25) is 0 Å². The molecule has 3 heterocycles. The summed E-state index contributed by atoms with van der Waals surface area (Å²) in [4.78, 5) is 39.4. The fourth-order valence-corrected chi connectivity index (χ4v) is 2.85. The monoisotopic (exact) mass is 405 g/mol. The van der Waals surface area contributed by atoms with Crippen molar-refractivity contribution < 1.29 is 14.3 Å². The van der Waals surface area contributed by atoms with E-state index in [1.807, 2.05) is 36.5 Å². The summed E-state index contributed by atoms with van der Waals surface area (Å²) in [5.41, 5.74) is 2.77. The number of para-hydroxylation sites is 1. The molecule has 1 atom stereocenters. The molecule has 0 radical (unpaired) electrons. The Hall–Kier alpha value is -4.08. The normalized spacial score (nSPS) is 11.9. The first-order valence-corrected chi connectivity index (χ1v) is 9.33. The third kappa shape index (κ3) is 4.32. The maximum Gasteiger partial charge on any atom is 0.306 e. The van der Waals surface area contributed by atoms with Crippen molar-refractivity contribution in [1.82, 2.24) is 29.7 Å². The third-order valence-electron chi connectivity index (χ3n) is 4.42. The highest BCUT2D eigenvalue weighted by atomic mass is 16.5. The van der Waals surface area contributed by atoms with Gasteiger partial charge in [-0.25, -0.2) is 19.6 Å². The number of hydrogen-bond donors (Lipinski definition) is 2. The van der Waals surface area contributed by atoms with Gasteiger partial charge in [-0.3, -0.25) is 9.59 Å². The molecule has 4 rings (SSSR count). The number of nitrogens with zero attached hydrogens (tertiary/aromatic N) is 5. The molecule has 2 N–H and O–H groups in total. The van der Waals surface area contributed by atoms with Crippen molar-refractivity contribution >= 4 is 28.9 Å². The minimum absolute atomic E-state index is 0.135. The number of anilines is 1. The lowest BCUT2D eigenvalue weighted by molar-refractivity contribution is -0.153. The summed E-state index contributed by atoms with van der Waals surface area (Å²) in [5.74, 6) is -0.687. The number of rotatable bonds is 7. The fraction of sp³-hybridized carbons (Fsp3) is 0.200. The number of ether oxygens (including phenoxy) is 1. The predicted octanol–water partition coefficient (Wildman–Crippen LogP) is 2.04. The van der Waals surface area contributed by atoms with Crippen molar-refractivity contribution in [2.24, 2.45) is 0 Å². The number of aromatic amines is 1. The van der Waals surface area contributed by atoms with Gasteiger partial charge in [0.05, 0.1) is 18.2 Å². The second-order valence-corrected chi connectivity index (χ2v) is 6.57. The Labute approximate surface area is 171 Å². The van der Waals surface area contributed by atoms with Crippen LogP contribution in [-0.4, -0.2) is 47.7 Å². The zero-order valence-corrected chi connectivity index (χ0v) is 16.1. The van der Waals surface area contributed by atoms with Gasteiger partial charge < -0.3 is 15.0 Å². The first-order chi connectivity index (χ1) is 14.6. The second-order valence-electron chi connectivity index (χ2n) is 6.57. The van der Waals surface area contributed by atoms with Crippen LogP contribution >= 0.6 is 0 Å². The minimum atomic E-state index is -0.975. The molecule has 10 nitrogen and oxygen atoms in total. The molecule has 152 valence electrons. The molecule has 1 aromatic carbocycles. The van der Waals surface area contributed by atoms with Crippen LogP contribution in [0.5, 0.6) is 0 Å². The molecular weight excluding hydrogens is 386 g/mol. The number of carbonyl (C=O) groups excluding carboxylic acids is 2. The number of benzene rings is 1. The van der Waals surface area contributed by atoms with Gasteiger partial charge in [0.25, 0.3) is 5.91 Å². The molecule has 0 aliphatic rings. The lowest BCUT2D eigenvalue weighted by atomic mass is 10.2. The lowest BCUT2D eigenvalue weighted by Crippen LogP contribution is -2.30. The Bertz CT molecular complexity index is 1170. The van der Waals surface area contributed by atoms with E-state index < -0.39 is 18.0 Å². The number of hydrogen-bond acceptors (Lipinski definition) is 7. The van der Waals surface area contributed by atoms with Crippen molar-refractivity contribution in [2.75, 3.05) is 5.32 Å². The fourth-order valence-electron chi connectivity index (χ4n) is 2.85. The zero-order valence-electron chi connectivity index (χ0n) is 16.1.